The van der Waals surface area contributed by atoms with Crippen LogP contribution in [0.25, 0.3) is 10.6 Å². The van der Waals surface area contributed by atoms with E-state index in [0.29, 0.717) is 12.1 Å². The maximum atomic E-state index is 11.9. The number of aliphatic carboxylic acids is 1. The number of carbonyl (C=O) groups is 2. The highest BCUT2D eigenvalue weighted by Gasteiger charge is 2.48. The lowest BCUT2D eigenvalue weighted by molar-refractivity contribution is -0.139. The molecule has 1 fully saturated rings. The number of rotatable bonds is 4. The predicted octanol–water partition coefficient (Wildman–Crippen LogP) is 2.78. The van der Waals surface area contributed by atoms with Gasteiger partial charge in [0.25, 0.3) is 0 Å². The van der Waals surface area contributed by atoms with Crippen LogP contribution in [0.3, 0.4) is 0 Å². The zero-order valence-electron chi connectivity index (χ0n) is 11.4. The average molecular weight is 302 g/mol. The number of carboxylic acid groups (broad SMARTS) is 1. The van der Waals surface area contributed by atoms with Gasteiger partial charge in [-0.15, -0.1) is 11.3 Å². The van der Waals surface area contributed by atoms with Crippen molar-refractivity contribution in [3.8, 4) is 10.6 Å². The summed E-state index contributed by atoms with van der Waals surface area (Å²) in [7, 11) is 0. The number of anilines is 1. The van der Waals surface area contributed by atoms with E-state index in [0.717, 1.165) is 16.3 Å². The highest BCUT2D eigenvalue weighted by Crippen LogP contribution is 2.39. The van der Waals surface area contributed by atoms with Crippen LogP contribution in [0, 0.1) is 18.8 Å². The van der Waals surface area contributed by atoms with E-state index in [4.69, 9.17) is 5.11 Å². The van der Waals surface area contributed by atoms with Crippen LogP contribution >= 0.6 is 11.3 Å². The van der Waals surface area contributed by atoms with E-state index in [9.17, 15) is 9.59 Å². The largest absolute Gasteiger partial charge is 0.481 e. The van der Waals surface area contributed by atoms with E-state index < -0.39 is 17.8 Å². The summed E-state index contributed by atoms with van der Waals surface area (Å²) in [5.41, 5.74) is 2.66. The molecule has 2 aromatic rings. The molecule has 0 aliphatic heterocycles. The van der Waals surface area contributed by atoms with Crippen molar-refractivity contribution >= 4 is 28.9 Å². The van der Waals surface area contributed by atoms with Gasteiger partial charge in [-0.05, 0) is 37.6 Å². The van der Waals surface area contributed by atoms with Crippen molar-refractivity contribution in [2.75, 3.05) is 5.32 Å². The van der Waals surface area contributed by atoms with Crippen molar-refractivity contribution in [1.82, 2.24) is 4.98 Å². The Hall–Kier alpha value is -2.21. The molecule has 5 nitrogen and oxygen atoms in total. The molecule has 2 atom stereocenters. The zero-order valence-corrected chi connectivity index (χ0v) is 12.2. The predicted molar refractivity (Wildman–Crippen MR) is 80.1 cm³/mol. The van der Waals surface area contributed by atoms with Crippen LogP contribution in [-0.2, 0) is 9.59 Å². The average Bonchev–Trinajstić information content (AvgIpc) is 3.16. The third-order valence-corrected chi connectivity index (χ3v) is 4.47. The third-order valence-electron chi connectivity index (χ3n) is 3.46. The first-order valence-corrected chi connectivity index (χ1v) is 7.49. The lowest BCUT2D eigenvalue weighted by Gasteiger charge is -2.05. The van der Waals surface area contributed by atoms with Crippen LogP contribution in [0.15, 0.2) is 29.6 Å². The summed E-state index contributed by atoms with van der Waals surface area (Å²) in [6.45, 7) is 1.95. The van der Waals surface area contributed by atoms with Gasteiger partial charge in [0, 0.05) is 22.3 Å². The van der Waals surface area contributed by atoms with E-state index >= 15 is 0 Å². The molecule has 108 valence electrons. The SMILES string of the molecule is Cc1csc(-c2ccc(NC(=O)[C@@H]3C[C@H]3C(=O)O)cc2)n1. The molecular formula is C15H14N2O3S. The first-order valence-electron chi connectivity index (χ1n) is 6.61. The van der Waals surface area contributed by atoms with Gasteiger partial charge in [-0.1, -0.05) is 0 Å². The van der Waals surface area contributed by atoms with Gasteiger partial charge in [0.15, 0.2) is 0 Å². The molecular weight excluding hydrogens is 288 g/mol. The smallest absolute Gasteiger partial charge is 0.307 e. The molecule has 21 heavy (non-hydrogen) atoms. The number of amides is 1. The summed E-state index contributed by atoms with van der Waals surface area (Å²) >= 11 is 1.58. The van der Waals surface area contributed by atoms with Crippen molar-refractivity contribution in [2.24, 2.45) is 11.8 Å². The number of aromatic nitrogens is 1. The standard InChI is InChI=1S/C15H14N2O3S/c1-8-7-21-14(16-8)9-2-4-10(5-3-9)17-13(18)11-6-12(11)15(19)20/h2-5,7,11-12H,6H2,1H3,(H,17,18)(H,19,20)/t11-,12-/m1/s1. The second-order valence-electron chi connectivity index (χ2n) is 5.15. The summed E-state index contributed by atoms with van der Waals surface area (Å²) in [5, 5.41) is 14.5. The first kappa shape index (κ1) is 13.8. The number of nitrogens with one attached hydrogen (secondary N) is 1. The number of thiazole rings is 1. The fraction of sp³-hybridized carbons (Fsp3) is 0.267. The van der Waals surface area contributed by atoms with Crippen molar-refractivity contribution < 1.29 is 14.7 Å². The van der Waals surface area contributed by atoms with Gasteiger partial charge < -0.3 is 10.4 Å². The molecule has 0 unspecified atom stereocenters. The van der Waals surface area contributed by atoms with Gasteiger partial charge in [-0.25, -0.2) is 4.98 Å². The number of aryl methyl sites for hydroxylation is 1. The summed E-state index contributed by atoms with van der Waals surface area (Å²) in [6.07, 6.45) is 0.428. The molecule has 1 aliphatic rings. The molecule has 1 aromatic heterocycles. The lowest BCUT2D eigenvalue weighted by atomic mass is 10.2. The van der Waals surface area contributed by atoms with Crippen LogP contribution in [0.4, 0.5) is 5.69 Å². The Morgan fingerprint density at radius 2 is 2.00 bits per heavy atom. The Morgan fingerprint density at radius 3 is 2.52 bits per heavy atom. The maximum absolute atomic E-state index is 11.9. The van der Waals surface area contributed by atoms with Crippen LogP contribution in [-0.4, -0.2) is 22.0 Å². The minimum absolute atomic E-state index is 0.222. The van der Waals surface area contributed by atoms with E-state index in [1.54, 1.807) is 11.3 Å². The molecule has 2 N–H and O–H groups in total. The zero-order chi connectivity index (χ0) is 15.0. The van der Waals surface area contributed by atoms with Gasteiger partial charge in [-0.2, -0.15) is 0 Å². The number of hydrogen-bond donors (Lipinski definition) is 2. The maximum Gasteiger partial charge on any atom is 0.307 e. The monoisotopic (exact) mass is 302 g/mol. The second-order valence-corrected chi connectivity index (χ2v) is 6.01. The highest BCUT2D eigenvalue weighted by atomic mass is 32.1. The Morgan fingerprint density at radius 1 is 1.29 bits per heavy atom. The Balaban J connectivity index is 1.65. The van der Waals surface area contributed by atoms with Gasteiger partial charge in [0.05, 0.1) is 11.8 Å². The van der Waals surface area contributed by atoms with Crippen molar-refractivity contribution in [1.29, 1.82) is 0 Å². The quantitative estimate of drug-likeness (QED) is 0.910. The molecule has 0 spiro atoms. The van der Waals surface area contributed by atoms with Gasteiger partial charge >= 0.3 is 5.97 Å². The van der Waals surface area contributed by atoms with E-state index in [-0.39, 0.29) is 5.91 Å². The van der Waals surface area contributed by atoms with Crippen LogP contribution in [0.5, 0.6) is 0 Å². The van der Waals surface area contributed by atoms with Crippen molar-refractivity contribution in [3.05, 3.63) is 35.3 Å². The minimum Gasteiger partial charge on any atom is -0.481 e. The number of carboxylic acids is 1. The molecule has 1 saturated carbocycles. The number of nitrogens with zero attached hydrogens (tertiary/aromatic N) is 1. The molecule has 1 heterocycles. The molecule has 6 heteroatoms. The second kappa shape index (κ2) is 5.29. The van der Waals surface area contributed by atoms with E-state index in [1.807, 2.05) is 36.6 Å². The Kier molecular flexibility index (Phi) is 3.47. The first-order chi connectivity index (χ1) is 10.0. The normalized spacial score (nSPS) is 20.0. The fourth-order valence-corrected chi connectivity index (χ4v) is 2.98. The topological polar surface area (TPSA) is 79.3 Å². The highest BCUT2D eigenvalue weighted by molar-refractivity contribution is 7.13. The molecule has 1 aliphatic carbocycles. The van der Waals surface area contributed by atoms with Crippen LogP contribution in [0.2, 0.25) is 0 Å². The summed E-state index contributed by atoms with van der Waals surface area (Å²) in [4.78, 5) is 27.0. The molecule has 1 aromatic carbocycles. The third kappa shape index (κ3) is 2.95. The number of benzene rings is 1. The molecule has 0 bridgehead atoms. The van der Waals surface area contributed by atoms with Gasteiger partial charge in [0.2, 0.25) is 5.91 Å². The molecule has 0 radical (unpaired) electrons. The molecule has 1 amide bonds. The van der Waals surface area contributed by atoms with E-state index in [2.05, 4.69) is 10.3 Å². The Labute approximate surface area is 125 Å². The fourth-order valence-electron chi connectivity index (χ4n) is 2.18. The number of carbonyl (C=O) groups excluding carboxylic acids is 1. The van der Waals surface area contributed by atoms with Crippen LogP contribution in [0.1, 0.15) is 12.1 Å². The van der Waals surface area contributed by atoms with Crippen molar-refractivity contribution in [2.45, 2.75) is 13.3 Å². The van der Waals surface area contributed by atoms with Gasteiger partial charge in [0.1, 0.15) is 5.01 Å². The Bertz CT molecular complexity index is 693. The van der Waals surface area contributed by atoms with Gasteiger partial charge in [-0.3, -0.25) is 9.59 Å². The number of hydrogen-bond acceptors (Lipinski definition) is 4. The molecule has 0 saturated heterocycles. The van der Waals surface area contributed by atoms with Crippen LogP contribution < -0.4 is 5.32 Å². The minimum atomic E-state index is -0.898. The lowest BCUT2D eigenvalue weighted by Crippen LogP contribution is -2.16. The van der Waals surface area contributed by atoms with Crippen molar-refractivity contribution in [3.63, 3.8) is 0 Å². The molecule has 3 rings (SSSR count). The van der Waals surface area contributed by atoms with E-state index in [1.165, 1.54) is 0 Å². The summed E-state index contributed by atoms with van der Waals surface area (Å²) in [5.74, 6) is -2.05. The summed E-state index contributed by atoms with van der Waals surface area (Å²) in [6, 6.07) is 7.41. The summed E-state index contributed by atoms with van der Waals surface area (Å²) < 4.78 is 0.